The smallest absolute Gasteiger partial charge is 0.262 e. The number of rotatable bonds is 12. The zero-order valence-corrected chi connectivity index (χ0v) is 28.2. The van der Waals surface area contributed by atoms with Crippen LogP contribution in [0.25, 0.3) is 39.2 Å². The van der Waals surface area contributed by atoms with Crippen LogP contribution in [-0.2, 0) is 17.9 Å². The molecule has 3 N–H and O–H groups in total. The molecule has 4 heterocycles. The Morgan fingerprint density at radius 1 is 1.02 bits per heavy atom. The molecule has 1 fully saturated rings. The molecule has 0 saturated carbocycles. The SMILES string of the molecule is COc1nc(-c2cccc(-c3cccc(-c4ccn5c(=O)c(CN(C)CCO)cnc5c4)c3Cl)c2Cl)ccc1CNC[C@H]1CCC(=O)N1. The number of aliphatic hydroxyl groups is 1. The number of carbonyl (C=O) groups is 1. The van der Waals surface area contributed by atoms with Gasteiger partial charge in [-0.3, -0.25) is 18.9 Å². The zero-order valence-electron chi connectivity index (χ0n) is 26.7. The van der Waals surface area contributed by atoms with Crippen LogP contribution in [0.3, 0.4) is 0 Å². The molecule has 1 aliphatic heterocycles. The van der Waals surface area contributed by atoms with Gasteiger partial charge in [-0.15, -0.1) is 0 Å². The van der Waals surface area contributed by atoms with Gasteiger partial charge in [0.25, 0.3) is 5.56 Å². The molecule has 0 unspecified atom stereocenters. The molecule has 1 aliphatic rings. The third-order valence-electron chi connectivity index (χ3n) is 8.50. The number of methoxy groups -OCH3 is 1. The maximum absolute atomic E-state index is 13.1. The lowest BCUT2D eigenvalue weighted by Crippen LogP contribution is -2.35. The first-order chi connectivity index (χ1) is 23.3. The normalized spacial score (nSPS) is 14.5. The van der Waals surface area contributed by atoms with E-state index in [1.807, 2.05) is 72.6 Å². The lowest BCUT2D eigenvalue weighted by Gasteiger charge is -2.16. The third-order valence-corrected chi connectivity index (χ3v) is 9.32. The average Bonchev–Trinajstić information content (AvgIpc) is 3.51. The van der Waals surface area contributed by atoms with Crippen molar-refractivity contribution in [2.75, 3.05) is 33.9 Å². The summed E-state index contributed by atoms with van der Waals surface area (Å²) in [6, 6.07) is 19.2. The van der Waals surface area contributed by atoms with E-state index in [-0.39, 0.29) is 24.1 Å². The van der Waals surface area contributed by atoms with Crippen LogP contribution in [0.15, 0.2) is 77.9 Å². The summed E-state index contributed by atoms with van der Waals surface area (Å²) in [4.78, 5) is 35.8. The molecule has 48 heavy (non-hydrogen) atoms. The van der Waals surface area contributed by atoms with Crippen LogP contribution in [0.1, 0.15) is 24.0 Å². The number of nitrogens with one attached hydrogen (secondary N) is 2. The number of hydrogen-bond donors (Lipinski definition) is 3. The van der Waals surface area contributed by atoms with E-state index in [1.54, 1.807) is 19.5 Å². The number of nitrogens with zero attached hydrogens (tertiary/aromatic N) is 4. The van der Waals surface area contributed by atoms with Crippen molar-refractivity contribution in [3.05, 3.63) is 105 Å². The highest BCUT2D eigenvalue weighted by Crippen LogP contribution is 2.42. The number of carbonyl (C=O) groups excluding carboxylic acids is 1. The summed E-state index contributed by atoms with van der Waals surface area (Å²) >= 11 is 14.1. The summed E-state index contributed by atoms with van der Waals surface area (Å²) in [5, 5.41) is 16.6. The number of halogens is 2. The van der Waals surface area contributed by atoms with E-state index in [9.17, 15) is 14.7 Å². The number of hydrogen-bond acceptors (Lipinski definition) is 8. The highest BCUT2D eigenvalue weighted by molar-refractivity contribution is 6.39. The maximum Gasteiger partial charge on any atom is 0.262 e. The first kappa shape index (κ1) is 33.6. The van der Waals surface area contributed by atoms with E-state index in [4.69, 9.17) is 32.9 Å². The van der Waals surface area contributed by atoms with Crippen LogP contribution in [-0.4, -0.2) is 70.2 Å². The molecule has 5 aromatic rings. The molecule has 1 atom stereocenters. The topological polar surface area (TPSA) is 121 Å². The first-order valence-corrected chi connectivity index (χ1v) is 16.4. The Morgan fingerprint density at radius 2 is 1.75 bits per heavy atom. The average molecular weight is 688 g/mol. The number of likely N-dealkylation sites (N-methyl/N-ethyl adjacent to an activating group) is 1. The second-order valence-electron chi connectivity index (χ2n) is 11.8. The van der Waals surface area contributed by atoms with Gasteiger partial charge in [0.05, 0.1) is 35.0 Å². The summed E-state index contributed by atoms with van der Waals surface area (Å²) in [5.41, 5.74) is 6.24. The molecule has 1 amide bonds. The molecule has 0 aliphatic carbocycles. The molecule has 3 aromatic heterocycles. The Hall–Kier alpha value is -4.32. The van der Waals surface area contributed by atoms with Crippen LogP contribution in [0, 0.1) is 0 Å². The standard InChI is InChI=1S/C36H36Cl2N6O4/c1-43(15-16-45)21-24-19-40-31-17-22(13-14-44(31)36(24)47)26-5-3-6-27(33(26)37)28-7-4-8-29(34(28)38)30-11-9-23(35(42-30)48-2)18-39-20-25-10-12-32(46)41-25/h3-9,11,13-14,17,19,25,39,45H,10,12,15-16,18,20-21H2,1-2H3,(H,41,46)/t25-/m1/s1. The molecular formula is C36H36Cl2N6O4. The van der Waals surface area contributed by atoms with E-state index in [0.29, 0.717) is 65.4 Å². The molecule has 0 spiro atoms. The van der Waals surface area contributed by atoms with Crippen LogP contribution in [0.4, 0.5) is 0 Å². The van der Waals surface area contributed by atoms with Crippen molar-refractivity contribution in [1.82, 2.24) is 29.9 Å². The van der Waals surface area contributed by atoms with Crippen molar-refractivity contribution >= 4 is 34.8 Å². The van der Waals surface area contributed by atoms with Gasteiger partial charge in [-0.2, -0.15) is 0 Å². The number of benzene rings is 2. The number of ether oxygens (including phenoxy) is 1. The lowest BCUT2D eigenvalue weighted by molar-refractivity contribution is -0.119. The number of amides is 1. The molecule has 2 aromatic carbocycles. The van der Waals surface area contributed by atoms with Crippen LogP contribution in [0.5, 0.6) is 5.88 Å². The van der Waals surface area contributed by atoms with Gasteiger partial charge >= 0.3 is 0 Å². The van der Waals surface area contributed by atoms with Crippen molar-refractivity contribution in [2.24, 2.45) is 0 Å². The molecular weight excluding hydrogens is 651 g/mol. The fourth-order valence-electron chi connectivity index (χ4n) is 5.97. The molecule has 10 nitrogen and oxygen atoms in total. The number of aromatic nitrogens is 3. The predicted molar refractivity (Wildman–Crippen MR) is 188 cm³/mol. The Bertz CT molecular complexity index is 2030. The monoisotopic (exact) mass is 686 g/mol. The Labute approximate surface area is 288 Å². The number of pyridine rings is 2. The summed E-state index contributed by atoms with van der Waals surface area (Å²) < 4.78 is 7.15. The van der Waals surface area contributed by atoms with Gasteiger partial charge in [0, 0.05) is 78.9 Å². The van der Waals surface area contributed by atoms with Crippen LogP contribution >= 0.6 is 23.2 Å². The predicted octanol–water partition coefficient (Wildman–Crippen LogP) is 5.20. The van der Waals surface area contributed by atoms with Crippen LogP contribution in [0.2, 0.25) is 10.0 Å². The Kier molecular flexibility index (Phi) is 10.4. The molecule has 0 bridgehead atoms. The van der Waals surface area contributed by atoms with E-state index in [0.717, 1.165) is 39.8 Å². The van der Waals surface area contributed by atoms with E-state index < -0.39 is 0 Å². The third kappa shape index (κ3) is 7.08. The second-order valence-corrected chi connectivity index (χ2v) is 12.6. The van der Waals surface area contributed by atoms with Gasteiger partial charge in [0.1, 0.15) is 5.65 Å². The minimum absolute atomic E-state index is 0.0129. The van der Waals surface area contributed by atoms with Gasteiger partial charge in [0.15, 0.2) is 0 Å². The van der Waals surface area contributed by atoms with Crippen molar-refractivity contribution in [3.63, 3.8) is 0 Å². The summed E-state index contributed by atoms with van der Waals surface area (Å²) in [7, 11) is 3.43. The number of fused-ring (bicyclic) bond motifs is 1. The van der Waals surface area contributed by atoms with Gasteiger partial charge in [-0.1, -0.05) is 65.7 Å². The number of aliphatic hydroxyl groups excluding tert-OH is 1. The largest absolute Gasteiger partial charge is 0.481 e. The van der Waals surface area contributed by atoms with Crippen molar-refractivity contribution in [2.45, 2.75) is 32.0 Å². The fraction of sp³-hybridized carbons (Fsp3) is 0.278. The molecule has 1 saturated heterocycles. The zero-order chi connectivity index (χ0) is 33.8. The van der Waals surface area contributed by atoms with Crippen molar-refractivity contribution < 1.29 is 14.6 Å². The summed E-state index contributed by atoms with van der Waals surface area (Å²) in [6.07, 6.45) is 4.69. The summed E-state index contributed by atoms with van der Waals surface area (Å²) in [6.45, 7) is 2.07. The molecule has 0 radical (unpaired) electrons. The van der Waals surface area contributed by atoms with E-state index in [2.05, 4.69) is 15.6 Å². The molecule has 12 heteroatoms. The van der Waals surface area contributed by atoms with E-state index in [1.165, 1.54) is 4.40 Å². The second kappa shape index (κ2) is 14.8. The van der Waals surface area contributed by atoms with Crippen LogP contribution < -0.4 is 20.9 Å². The minimum Gasteiger partial charge on any atom is -0.481 e. The van der Waals surface area contributed by atoms with Gasteiger partial charge < -0.3 is 20.5 Å². The van der Waals surface area contributed by atoms with Gasteiger partial charge in [-0.05, 0) is 37.2 Å². The lowest BCUT2D eigenvalue weighted by atomic mass is 9.97. The highest BCUT2D eigenvalue weighted by Gasteiger charge is 2.21. The minimum atomic E-state index is -0.159. The van der Waals surface area contributed by atoms with Crippen molar-refractivity contribution in [3.8, 4) is 39.4 Å². The Morgan fingerprint density at radius 3 is 2.46 bits per heavy atom. The quantitative estimate of drug-likeness (QED) is 0.164. The van der Waals surface area contributed by atoms with E-state index >= 15 is 0 Å². The van der Waals surface area contributed by atoms with Gasteiger partial charge in [-0.25, -0.2) is 9.97 Å². The summed E-state index contributed by atoms with van der Waals surface area (Å²) in [5.74, 6) is 0.584. The maximum atomic E-state index is 13.1. The Balaban J connectivity index is 1.27. The molecule has 248 valence electrons. The van der Waals surface area contributed by atoms with Crippen molar-refractivity contribution in [1.29, 1.82) is 0 Å². The first-order valence-electron chi connectivity index (χ1n) is 15.7. The van der Waals surface area contributed by atoms with Gasteiger partial charge in [0.2, 0.25) is 11.8 Å². The highest BCUT2D eigenvalue weighted by atomic mass is 35.5. The fourth-order valence-corrected chi connectivity index (χ4v) is 6.63. The molecule has 6 rings (SSSR count).